The Hall–Kier alpha value is -1.89. The third-order valence-corrected chi connectivity index (χ3v) is 6.03. The van der Waals surface area contributed by atoms with E-state index in [1.807, 2.05) is 6.07 Å². The summed E-state index contributed by atoms with van der Waals surface area (Å²) in [5.41, 5.74) is 4.35. The number of hydrogen-bond donors (Lipinski definition) is 0. The van der Waals surface area contributed by atoms with Gasteiger partial charge in [-0.05, 0) is 53.4 Å². The summed E-state index contributed by atoms with van der Waals surface area (Å²) in [6, 6.07) is 18.2. The van der Waals surface area contributed by atoms with Gasteiger partial charge in [0, 0.05) is 5.56 Å². The van der Waals surface area contributed by atoms with Crippen molar-refractivity contribution in [2.75, 3.05) is 0 Å². The molecule has 0 N–H and O–H groups in total. The molecule has 1 unspecified atom stereocenters. The van der Waals surface area contributed by atoms with Gasteiger partial charge in [-0.15, -0.1) is 0 Å². The molecule has 1 saturated carbocycles. The minimum absolute atomic E-state index is 0.0256. The summed E-state index contributed by atoms with van der Waals surface area (Å²) in [6.07, 6.45) is 6.12. The van der Waals surface area contributed by atoms with Crippen LogP contribution in [0.2, 0.25) is 0 Å². The van der Waals surface area contributed by atoms with Crippen LogP contribution < -0.4 is 0 Å². The SMILES string of the molecule is CC(C)c1[c]c(C(C)C)c(C(=O)C(c2ccccc2)C2CCCCC2)cc1. The molecule has 3 rings (SSSR count). The molecule has 1 atom stereocenters. The van der Waals surface area contributed by atoms with Crippen LogP contribution in [0.3, 0.4) is 0 Å². The zero-order valence-electron chi connectivity index (χ0n) is 17.3. The van der Waals surface area contributed by atoms with Gasteiger partial charge in [0.25, 0.3) is 0 Å². The van der Waals surface area contributed by atoms with Gasteiger partial charge in [0.15, 0.2) is 5.78 Å². The molecule has 2 aromatic rings. The molecule has 27 heavy (non-hydrogen) atoms. The molecule has 2 aromatic carbocycles. The molecule has 0 spiro atoms. The molecule has 1 radical (unpaired) electrons. The van der Waals surface area contributed by atoms with Crippen molar-refractivity contribution in [3.63, 3.8) is 0 Å². The van der Waals surface area contributed by atoms with Crippen molar-refractivity contribution in [3.05, 3.63) is 70.8 Å². The van der Waals surface area contributed by atoms with E-state index in [4.69, 9.17) is 0 Å². The van der Waals surface area contributed by atoms with Gasteiger partial charge in [-0.3, -0.25) is 4.79 Å². The zero-order chi connectivity index (χ0) is 19.4. The lowest BCUT2D eigenvalue weighted by Gasteiger charge is -2.30. The Labute approximate surface area is 165 Å². The van der Waals surface area contributed by atoms with Crippen molar-refractivity contribution >= 4 is 5.78 Å². The quantitative estimate of drug-likeness (QED) is 0.494. The molecule has 0 bridgehead atoms. The van der Waals surface area contributed by atoms with Gasteiger partial charge in [-0.1, -0.05) is 89.4 Å². The fraction of sp³-hybridized carbons (Fsp3) is 0.500. The van der Waals surface area contributed by atoms with Crippen LogP contribution in [-0.2, 0) is 0 Å². The number of ketones is 1. The summed E-state index contributed by atoms with van der Waals surface area (Å²) in [5, 5.41) is 0. The maximum atomic E-state index is 13.8. The third-order valence-electron chi connectivity index (χ3n) is 6.03. The molecular weight excluding hydrogens is 328 g/mol. The summed E-state index contributed by atoms with van der Waals surface area (Å²) in [4.78, 5) is 13.8. The fourth-order valence-electron chi connectivity index (χ4n) is 4.47. The predicted molar refractivity (Wildman–Crippen MR) is 114 cm³/mol. The van der Waals surface area contributed by atoms with E-state index in [2.05, 4.69) is 70.2 Å². The first-order valence-electron chi connectivity index (χ1n) is 10.6. The topological polar surface area (TPSA) is 17.1 Å². The molecule has 0 aliphatic heterocycles. The van der Waals surface area contributed by atoms with Crippen LogP contribution in [0.4, 0.5) is 0 Å². The standard InChI is InChI=1S/C26H33O/c1-18(2)22-15-16-23(24(17-22)19(3)4)26(27)25(20-11-7-5-8-12-20)21-13-9-6-10-14-21/h5,7-8,11-12,15-16,18-19,21,25H,6,9-10,13-14H2,1-4H3. The number of carbonyl (C=O) groups is 1. The van der Waals surface area contributed by atoms with Crippen LogP contribution in [0.1, 0.15) is 105 Å². The third kappa shape index (κ3) is 4.51. The van der Waals surface area contributed by atoms with Crippen LogP contribution in [0, 0.1) is 12.0 Å². The predicted octanol–water partition coefficient (Wildman–Crippen LogP) is 7.28. The number of Topliss-reactive ketones (excluding diaryl/α,β-unsaturated/α-hetero) is 1. The van der Waals surface area contributed by atoms with E-state index < -0.39 is 0 Å². The lowest BCUT2D eigenvalue weighted by molar-refractivity contribution is 0.0911. The number of benzene rings is 2. The van der Waals surface area contributed by atoms with E-state index in [-0.39, 0.29) is 5.92 Å². The highest BCUT2D eigenvalue weighted by atomic mass is 16.1. The summed E-state index contributed by atoms with van der Waals surface area (Å²) >= 11 is 0. The molecule has 1 aliphatic rings. The molecular formula is C26H33O. The average Bonchev–Trinajstić information content (AvgIpc) is 2.69. The van der Waals surface area contributed by atoms with E-state index in [0.29, 0.717) is 23.5 Å². The van der Waals surface area contributed by atoms with Gasteiger partial charge in [0.05, 0.1) is 5.92 Å². The van der Waals surface area contributed by atoms with Gasteiger partial charge in [0.1, 0.15) is 0 Å². The number of rotatable bonds is 6. The van der Waals surface area contributed by atoms with Crippen LogP contribution in [0.15, 0.2) is 42.5 Å². The second-order valence-corrected chi connectivity index (χ2v) is 8.70. The van der Waals surface area contributed by atoms with E-state index in [0.717, 1.165) is 24.0 Å². The number of hydrogen-bond acceptors (Lipinski definition) is 1. The van der Waals surface area contributed by atoms with E-state index in [1.54, 1.807) is 0 Å². The normalized spacial score (nSPS) is 16.7. The first-order valence-corrected chi connectivity index (χ1v) is 10.6. The smallest absolute Gasteiger partial charge is 0.170 e. The van der Waals surface area contributed by atoms with Crippen LogP contribution >= 0.6 is 0 Å². The van der Waals surface area contributed by atoms with Gasteiger partial charge in [-0.2, -0.15) is 0 Å². The van der Waals surface area contributed by atoms with Crippen LogP contribution in [0.25, 0.3) is 0 Å². The second-order valence-electron chi connectivity index (χ2n) is 8.70. The van der Waals surface area contributed by atoms with E-state index >= 15 is 0 Å². The van der Waals surface area contributed by atoms with E-state index in [1.165, 1.54) is 30.4 Å². The van der Waals surface area contributed by atoms with E-state index in [9.17, 15) is 4.79 Å². The minimum atomic E-state index is -0.0256. The molecule has 1 nitrogen and oxygen atoms in total. The van der Waals surface area contributed by atoms with Gasteiger partial charge >= 0.3 is 0 Å². The monoisotopic (exact) mass is 361 g/mol. The van der Waals surface area contributed by atoms with Gasteiger partial charge < -0.3 is 0 Å². The molecule has 143 valence electrons. The van der Waals surface area contributed by atoms with Crippen molar-refractivity contribution in [2.24, 2.45) is 5.92 Å². The van der Waals surface area contributed by atoms with Crippen molar-refractivity contribution in [2.45, 2.75) is 77.6 Å². The molecule has 0 saturated heterocycles. The highest BCUT2D eigenvalue weighted by Crippen LogP contribution is 2.39. The van der Waals surface area contributed by atoms with Gasteiger partial charge in [0.2, 0.25) is 0 Å². The minimum Gasteiger partial charge on any atom is -0.293 e. The van der Waals surface area contributed by atoms with Crippen molar-refractivity contribution in [1.82, 2.24) is 0 Å². The van der Waals surface area contributed by atoms with Crippen molar-refractivity contribution in [1.29, 1.82) is 0 Å². The first kappa shape index (κ1) is 19.9. The number of carbonyl (C=O) groups excluding carboxylic acids is 1. The molecule has 1 fully saturated rings. The van der Waals surface area contributed by atoms with Crippen molar-refractivity contribution in [3.8, 4) is 0 Å². The largest absolute Gasteiger partial charge is 0.293 e. The molecule has 0 heterocycles. The highest BCUT2D eigenvalue weighted by Gasteiger charge is 2.32. The zero-order valence-corrected chi connectivity index (χ0v) is 17.3. The Morgan fingerprint density at radius 3 is 2.15 bits per heavy atom. The maximum absolute atomic E-state index is 13.8. The molecule has 1 aliphatic carbocycles. The highest BCUT2D eigenvalue weighted by molar-refractivity contribution is 6.02. The Bertz CT molecular complexity index is 751. The molecule has 0 amide bonds. The Kier molecular flexibility index (Phi) is 6.52. The van der Waals surface area contributed by atoms with Crippen molar-refractivity contribution < 1.29 is 4.79 Å². The second kappa shape index (κ2) is 8.87. The lowest BCUT2D eigenvalue weighted by atomic mass is 9.72. The van der Waals surface area contributed by atoms with Crippen LogP contribution in [-0.4, -0.2) is 5.78 Å². The summed E-state index contributed by atoms with van der Waals surface area (Å²) in [6.45, 7) is 8.72. The Morgan fingerprint density at radius 2 is 1.56 bits per heavy atom. The summed E-state index contributed by atoms with van der Waals surface area (Å²) < 4.78 is 0. The molecule has 1 heteroatoms. The Morgan fingerprint density at radius 1 is 0.889 bits per heavy atom. The van der Waals surface area contributed by atoms with Gasteiger partial charge in [-0.25, -0.2) is 0 Å². The van der Waals surface area contributed by atoms with Crippen LogP contribution in [0.5, 0.6) is 0 Å². The first-order chi connectivity index (χ1) is 13.0. The maximum Gasteiger partial charge on any atom is 0.170 e. The Balaban J connectivity index is 2.03. The summed E-state index contributed by atoms with van der Waals surface area (Å²) in [5.74, 6) is 1.45. The average molecular weight is 362 g/mol. The fourth-order valence-corrected chi connectivity index (χ4v) is 4.47. The summed E-state index contributed by atoms with van der Waals surface area (Å²) in [7, 11) is 0. The molecule has 0 aromatic heterocycles. The lowest BCUT2D eigenvalue weighted by Crippen LogP contribution is -2.25.